The summed E-state index contributed by atoms with van der Waals surface area (Å²) in [5.74, 6) is 0.691. The van der Waals surface area contributed by atoms with Gasteiger partial charge in [0, 0.05) is 54.7 Å². The number of ether oxygens (including phenoxy) is 1. The summed E-state index contributed by atoms with van der Waals surface area (Å²) >= 11 is 0. The lowest BCUT2D eigenvalue weighted by molar-refractivity contribution is 0.219. The second-order valence-electron chi connectivity index (χ2n) is 7.76. The molecule has 1 aliphatic heterocycles. The highest BCUT2D eigenvalue weighted by Crippen LogP contribution is 2.32. The number of H-pyrrole nitrogens is 1. The minimum Gasteiger partial charge on any atom is -0.492 e. The van der Waals surface area contributed by atoms with Crippen LogP contribution < -0.4 is 10.3 Å². The summed E-state index contributed by atoms with van der Waals surface area (Å²) in [5.41, 5.74) is 5.06. The first kappa shape index (κ1) is 18.6. The summed E-state index contributed by atoms with van der Waals surface area (Å²) in [5, 5.41) is 0.870. The number of rotatable bonds is 3. The number of nitrogens with one attached hydrogen (secondary N) is 1. The fourth-order valence-electron chi connectivity index (χ4n) is 4.21. The molecule has 4 aromatic rings. The van der Waals surface area contributed by atoms with Gasteiger partial charge in [-0.1, -0.05) is 0 Å². The molecule has 2 aromatic carbocycles. The van der Waals surface area contributed by atoms with Gasteiger partial charge in [-0.3, -0.25) is 9.69 Å². The van der Waals surface area contributed by atoms with E-state index in [1.165, 1.54) is 6.07 Å². The molecule has 5 nitrogen and oxygen atoms in total. The Kier molecular flexibility index (Phi) is 4.64. The van der Waals surface area contributed by atoms with E-state index < -0.39 is 0 Å². The van der Waals surface area contributed by atoms with Gasteiger partial charge in [-0.05, 0) is 60.5 Å². The van der Waals surface area contributed by atoms with Crippen molar-refractivity contribution < 1.29 is 9.13 Å². The second-order valence-corrected chi connectivity index (χ2v) is 7.76. The van der Waals surface area contributed by atoms with E-state index in [4.69, 9.17) is 4.74 Å². The Morgan fingerprint density at radius 1 is 1.13 bits per heavy atom. The molecule has 0 amide bonds. The molecule has 0 fully saturated rings. The molecule has 0 saturated carbocycles. The molecule has 2 aromatic heterocycles. The topological polar surface area (TPSA) is 50.3 Å². The number of nitrogens with zero attached hydrogens (tertiary/aromatic N) is 2. The molecule has 0 spiro atoms. The molecule has 0 saturated heterocycles. The number of hydrogen-bond donors (Lipinski definition) is 1. The third-order valence-electron chi connectivity index (χ3n) is 5.56. The van der Waals surface area contributed by atoms with Crippen molar-refractivity contribution in [3.05, 3.63) is 93.8 Å². The molecule has 1 N–H and O–H groups in total. The van der Waals surface area contributed by atoms with Crippen molar-refractivity contribution in [3.8, 4) is 11.4 Å². The number of fused-ring (bicyclic) bond motifs is 2. The number of aryl methyl sites for hydroxylation is 1. The predicted octanol–water partition coefficient (Wildman–Crippen LogP) is 4.16. The normalized spacial score (nSPS) is 14.3. The van der Waals surface area contributed by atoms with E-state index in [1.807, 2.05) is 18.3 Å². The van der Waals surface area contributed by atoms with Crippen LogP contribution in [0.25, 0.3) is 16.6 Å². The van der Waals surface area contributed by atoms with E-state index in [-0.39, 0.29) is 11.4 Å². The van der Waals surface area contributed by atoms with E-state index in [1.54, 1.807) is 24.4 Å². The maximum Gasteiger partial charge on any atom is 0.248 e. The average Bonchev–Trinajstić information content (AvgIpc) is 3.01. The molecule has 0 bridgehead atoms. The van der Waals surface area contributed by atoms with Crippen LogP contribution in [0.5, 0.6) is 5.75 Å². The van der Waals surface area contributed by atoms with Gasteiger partial charge >= 0.3 is 0 Å². The molecule has 152 valence electrons. The molecule has 0 radical (unpaired) electrons. The third kappa shape index (κ3) is 3.50. The van der Waals surface area contributed by atoms with Crippen molar-refractivity contribution in [2.75, 3.05) is 13.2 Å². The molecule has 5 rings (SSSR count). The Morgan fingerprint density at radius 2 is 2.03 bits per heavy atom. The zero-order valence-corrected chi connectivity index (χ0v) is 16.7. The van der Waals surface area contributed by atoms with E-state index in [0.717, 1.165) is 52.1 Å². The van der Waals surface area contributed by atoms with Crippen LogP contribution in [0.2, 0.25) is 0 Å². The summed E-state index contributed by atoms with van der Waals surface area (Å²) in [7, 11) is 0. The second kappa shape index (κ2) is 7.46. The SMILES string of the molecule is Cc1cc(-n2ccc3cc(F)ccc32)cc2c1OCCN(Cc1cc[nH]c(=O)c1)C2. The molecular weight excluding hydrogens is 381 g/mol. The zero-order valence-electron chi connectivity index (χ0n) is 16.7. The molecule has 6 heteroatoms. The highest BCUT2D eigenvalue weighted by Gasteiger charge is 2.19. The molecular formula is C24H22FN3O2. The first-order valence-electron chi connectivity index (χ1n) is 10.00. The van der Waals surface area contributed by atoms with E-state index >= 15 is 0 Å². The monoisotopic (exact) mass is 403 g/mol. The Bertz CT molecular complexity index is 1290. The highest BCUT2D eigenvalue weighted by molar-refractivity contribution is 5.82. The summed E-state index contributed by atoms with van der Waals surface area (Å²) in [6.07, 6.45) is 3.65. The van der Waals surface area contributed by atoms with Crippen LogP contribution in [0, 0.1) is 12.7 Å². The van der Waals surface area contributed by atoms with Crippen molar-refractivity contribution in [3.63, 3.8) is 0 Å². The van der Waals surface area contributed by atoms with Crippen LogP contribution in [0.4, 0.5) is 4.39 Å². The minimum atomic E-state index is -0.234. The van der Waals surface area contributed by atoms with Crippen molar-refractivity contribution in [1.82, 2.24) is 14.5 Å². The summed E-state index contributed by atoms with van der Waals surface area (Å²) < 4.78 is 21.7. The number of aromatic amines is 1. The smallest absolute Gasteiger partial charge is 0.248 e. The lowest BCUT2D eigenvalue weighted by Crippen LogP contribution is -2.25. The first-order valence-corrected chi connectivity index (χ1v) is 10.00. The molecule has 1 aliphatic rings. The van der Waals surface area contributed by atoms with Gasteiger partial charge in [0.05, 0.1) is 5.52 Å². The summed E-state index contributed by atoms with van der Waals surface area (Å²) in [6.45, 7) is 4.84. The van der Waals surface area contributed by atoms with Crippen LogP contribution in [-0.2, 0) is 13.1 Å². The number of aromatic nitrogens is 2. The third-order valence-corrected chi connectivity index (χ3v) is 5.56. The quantitative estimate of drug-likeness (QED) is 0.559. The standard InChI is InChI=1S/C24H22FN3O2/c1-16-10-21(28-7-5-18-12-20(25)2-3-22(18)28)13-19-15-27(8-9-30-24(16)19)14-17-4-6-26-23(29)11-17/h2-7,10-13H,8-9,14-15H2,1H3,(H,26,29). The Labute approximate surface area is 173 Å². The van der Waals surface area contributed by atoms with Gasteiger partial charge in [0.2, 0.25) is 5.56 Å². The van der Waals surface area contributed by atoms with Crippen molar-refractivity contribution in [1.29, 1.82) is 0 Å². The molecule has 0 aliphatic carbocycles. The van der Waals surface area contributed by atoms with Gasteiger partial charge in [-0.15, -0.1) is 0 Å². The number of benzene rings is 2. The number of hydrogen-bond acceptors (Lipinski definition) is 3. The van der Waals surface area contributed by atoms with Crippen LogP contribution in [0.1, 0.15) is 16.7 Å². The molecule has 3 heterocycles. The maximum absolute atomic E-state index is 13.6. The van der Waals surface area contributed by atoms with Crippen LogP contribution in [-0.4, -0.2) is 27.6 Å². The summed E-state index contributed by atoms with van der Waals surface area (Å²) in [6, 6.07) is 14.6. The van der Waals surface area contributed by atoms with Crippen molar-refractivity contribution in [2.45, 2.75) is 20.0 Å². The zero-order chi connectivity index (χ0) is 20.7. The maximum atomic E-state index is 13.6. The number of halogens is 1. The Balaban J connectivity index is 1.51. The van der Waals surface area contributed by atoms with Crippen LogP contribution in [0.15, 0.2) is 65.7 Å². The van der Waals surface area contributed by atoms with Crippen LogP contribution in [0.3, 0.4) is 0 Å². The number of pyridine rings is 1. The Morgan fingerprint density at radius 3 is 2.90 bits per heavy atom. The molecule has 0 unspecified atom stereocenters. The van der Waals surface area contributed by atoms with Crippen molar-refractivity contribution in [2.24, 2.45) is 0 Å². The summed E-state index contributed by atoms with van der Waals surface area (Å²) in [4.78, 5) is 16.6. The predicted molar refractivity (Wildman–Crippen MR) is 115 cm³/mol. The van der Waals surface area contributed by atoms with Gasteiger partial charge in [0.1, 0.15) is 18.2 Å². The van der Waals surface area contributed by atoms with Gasteiger partial charge < -0.3 is 14.3 Å². The molecule has 0 atom stereocenters. The lowest BCUT2D eigenvalue weighted by atomic mass is 10.1. The largest absolute Gasteiger partial charge is 0.492 e. The lowest BCUT2D eigenvalue weighted by Gasteiger charge is -2.20. The van der Waals surface area contributed by atoms with Crippen LogP contribution >= 0.6 is 0 Å². The van der Waals surface area contributed by atoms with Gasteiger partial charge in [-0.2, -0.15) is 0 Å². The van der Waals surface area contributed by atoms with Gasteiger partial charge in [0.25, 0.3) is 0 Å². The van der Waals surface area contributed by atoms with Crippen molar-refractivity contribution >= 4 is 10.9 Å². The fraction of sp³-hybridized carbons (Fsp3) is 0.208. The van der Waals surface area contributed by atoms with E-state index in [9.17, 15) is 9.18 Å². The van der Waals surface area contributed by atoms with E-state index in [2.05, 4.69) is 33.5 Å². The average molecular weight is 403 g/mol. The minimum absolute atomic E-state index is 0.0898. The van der Waals surface area contributed by atoms with Gasteiger partial charge in [0.15, 0.2) is 0 Å². The van der Waals surface area contributed by atoms with E-state index in [0.29, 0.717) is 13.2 Å². The first-order chi connectivity index (χ1) is 14.6. The fourth-order valence-corrected chi connectivity index (χ4v) is 4.21. The van der Waals surface area contributed by atoms with Gasteiger partial charge in [-0.25, -0.2) is 4.39 Å². The highest BCUT2D eigenvalue weighted by atomic mass is 19.1. The Hall–Kier alpha value is -3.38. The molecule has 30 heavy (non-hydrogen) atoms.